The summed E-state index contributed by atoms with van der Waals surface area (Å²) in [6.07, 6.45) is -0.576. The maximum absolute atomic E-state index is 12.5. The molecule has 0 fully saturated rings. The summed E-state index contributed by atoms with van der Waals surface area (Å²) in [5.74, 6) is -0.268. The Morgan fingerprint density at radius 1 is 1.07 bits per heavy atom. The van der Waals surface area contributed by atoms with Crippen LogP contribution in [0.4, 0.5) is 4.79 Å². The van der Waals surface area contributed by atoms with Gasteiger partial charge in [0.1, 0.15) is 0 Å². The van der Waals surface area contributed by atoms with Crippen LogP contribution in [0.25, 0.3) is 0 Å². The Hall–Kier alpha value is -2.57. The standard InChI is InChI=1S/C20H23ClN2O4/c1-13-5-7-14(8-6-13)19(24)26-18-11-15(16(21)12-22-2)9-10-17(18)27-20(25)23(3)4/h5-11,16,22H,12H2,1-4H3. The van der Waals surface area contributed by atoms with Crippen molar-refractivity contribution < 1.29 is 19.1 Å². The van der Waals surface area contributed by atoms with Crippen LogP contribution in [0, 0.1) is 6.92 Å². The molecule has 2 aromatic rings. The number of hydrogen-bond acceptors (Lipinski definition) is 5. The van der Waals surface area contributed by atoms with E-state index in [0.717, 1.165) is 11.1 Å². The summed E-state index contributed by atoms with van der Waals surface area (Å²) in [7, 11) is 4.92. The fourth-order valence-corrected chi connectivity index (χ4v) is 2.50. The molecule has 0 spiro atoms. The molecule has 7 heteroatoms. The number of carbonyl (C=O) groups is 2. The molecule has 6 nitrogen and oxygen atoms in total. The smallest absolute Gasteiger partial charge is 0.414 e. The van der Waals surface area contributed by atoms with Crippen LogP contribution < -0.4 is 14.8 Å². The zero-order valence-corrected chi connectivity index (χ0v) is 16.5. The van der Waals surface area contributed by atoms with Gasteiger partial charge < -0.3 is 19.7 Å². The zero-order valence-electron chi connectivity index (χ0n) is 15.8. The lowest BCUT2D eigenvalue weighted by molar-refractivity contribution is 0.0728. The van der Waals surface area contributed by atoms with Crippen LogP contribution in [-0.4, -0.2) is 44.7 Å². The predicted octanol–water partition coefficient (Wildman–Crippen LogP) is 3.77. The van der Waals surface area contributed by atoms with E-state index in [1.54, 1.807) is 51.5 Å². The summed E-state index contributed by atoms with van der Waals surface area (Å²) >= 11 is 6.34. The molecule has 144 valence electrons. The molecule has 0 aromatic heterocycles. The molecule has 1 unspecified atom stereocenters. The first-order chi connectivity index (χ1) is 12.8. The maximum atomic E-state index is 12.5. The minimum absolute atomic E-state index is 0.134. The van der Waals surface area contributed by atoms with Crippen molar-refractivity contribution in [3.8, 4) is 11.5 Å². The number of hydrogen-bond donors (Lipinski definition) is 1. The van der Waals surface area contributed by atoms with Gasteiger partial charge in [0, 0.05) is 20.6 Å². The van der Waals surface area contributed by atoms with E-state index in [2.05, 4.69) is 5.32 Å². The summed E-state index contributed by atoms with van der Waals surface area (Å²) in [5, 5.41) is 2.66. The number of esters is 1. The predicted molar refractivity (Wildman–Crippen MR) is 105 cm³/mol. The normalized spacial score (nSPS) is 11.6. The SMILES string of the molecule is CNCC(Cl)c1ccc(OC(=O)N(C)C)c(OC(=O)c2ccc(C)cc2)c1. The quantitative estimate of drug-likeness (QED) is 0.462. The largest absolute Gasteiger partial charge is 0.419 e. The number of aryl methyl sites for hydroxylation is 1. The van der Waals surface area contributed by atoms with E-state index in [-0.39, 0.29) is 16.9 Å². The van der Waals surface area contributed by atoms with Crippen molar-refractivity contribution in [1.29, 1.82) is 0 Å². The molecule has 0 aliphatic rings. The second-order valence-electron chi connectivity index (χ2n) is 6.25. The highest BCUT2D eigenvalue weighted by Gasteiger charge is 2.18. The van der Waals surface area contributed by atoms with Gasteiger partial charge in [-0.25, -0.2) is 9.59 Å². The number of rotatable bonds is 6. The molecule has 1 amide bonds. The zero-order chi connectivity index (χ0) is 20.0. The topological polar surface area (TPSA) is 67.9 Å². The van der Waals surface area contributed by atoms with Crippen LogP contribution in [0.15, 0.2) is 42.5 Å². The summed E-state index contributed by atoms with van der Waals surface area (Å²) in [4.78, 5) is 25.7. The fourth-order valence-electron chi connectivity index (χ4n) is 2.21. The molecule has 1 atom stereocenters. The molecule has 0 heterocycles. The lowest BCUT2D eigenvalue weighted by Crippen LogP contribution is -2.25. The van der Waals surface area contributed by atoms with Gasteiger partial charge in [-0.05, 0) is 43.8 Å². The van der Waals surface area contributed by atoms with Gasteiger partial charge in [0.15, 0.2) is 11.5 Å². The average Bonchev–Trinajstić information content (AvgIpc) is 2.63. The van der Waals surface area contributed by atoms with Crippen LogP contribution in [0.5, 0.6) is 11.5 Å². The van der Waals surface area contributed by atoms with Crippen molar-refractivity contribution in [1.82, 2.24) is 10.2 Å². The van der Waals surface area contributed by atoms with Gasteiger partial charge in [-0.3, -0.25) is 0 Å². The Kier molecular flexibility index (Phi) is 7.21. The molecule has 0 aliphatic heterocycles. The van der Waals surface area contributed by atoms with Crippen molar-refractivity contribution in [3.05, 3.63) is 59.2 Å². The average molecular weight is 391 g/mol. The number of nitrogens with one attached hydrogen (secondary N) is 1. The lowest BCUT2D eigenvalue weighted by Gasteiger charge is -2.16. The Labute approximate surface area is 164 Å². The number of nitrogens with zero attached hydrogens (tertiary/aromatic N) is 1. The van der Waals surface area contributed by atoms with Gasteiger partial charge in [0.2, 0.25) is 0 Å². The van der Waals surface area contributed by atoms with Crippen molar-refractivity contribution in [2.75, 3.05) is 27.7 Å². The molecule has 0 aliphatic carbocycles. The van der Waals surface area contributed by atoms with Gasteiger partial charge in [-0.2, -0.15) is 0 Å². The molecule has 27 heavy (non-hydrogen) atoms. The first-order valence-electron chi connectivity index (χ1n) is 8.42. The monoisotopic (exact) mass is 390 g/mol. The summed E-state index contributed by atoms with van der Waals surface area (Å²) in [6, 6.07) is 11.9. The second-order valence-corrected chi connectivity index (χ2v) is 6.78. The Morgan fingerprint density at radius 3 is 2.33 bits per heavy atom. The highest BCUT2D eigenvalue weighted by atomic mass is 35.5. The van der Waals surface area contributed by atoms with Gasteiger partial charge in [0.05, 0.1) is 10.9 Å². The second kappa shape index (κ2) is 9.39. The summed E-state index contributed by atoms with van der Waals surface area (Å²) < 4.78 is 10.8. The van der Waals surface area contributed by atoms with E-state index in [4.69, 9.17) is 21.1 Å². The number of benzene rings is 2. The molecular formula is C20H23ClN2O4. The summed E-state index contributed by atoms with van der Waals surface area (Å²) in [5.41, 5.74) is 2.17. The number of ether oxygens (including phenoxy) is 2. The number of halogens is 1. The van der Waals surface area contributed by atoms with E-state index >= 15 is 0 Å². The third kappa shape index (κ3) is 5.70. The van der Waals surface area contributed by atoms with Crippen molar-refractivity contribution in [2.24, 2.45) is 0 Å². The van der Waals surface area contributed by atoms with Crippen LogP contribution in [0.1, 0.15) is 26.9 Å². The van der Waals surface area contributed by atoms with Gasteiger partial charge in [-0.15, -0.1) is 11.6 Å². The Balaban J connectivity index is 2.33. The number of alkyl halides is 1. The van der Waals surface area contributed by atoms with E-state index in [1.807, 2.05) is 19.1 Å². The molecular weight excluding hydrogens is 368 g/mol. The van der Waals surface area contributed by atoms with E-state index in [0.29, 0.717) is 12.1 Å². The highest BCUT2D eigenvalue weighted by Crippen LogP contribution is 2.33. The minimum Gasteiger partial charge on any atom is -0.419 e. The lowest BCUT2D eigenvalue weighted by atomic mass is 10.1. The molecule has 2 aromatic carbocycles. The minimum atomic E-state index is -0.576. The van der Waals surface area contributed by atoms with Gasteiger partial charge in [0.25, 0.3) is 0 Å². The molecule has 0 saturated heterocycles. The molecule has 0 saturated carbocycles. The number of likely N-dealkylation sites (N-methyl/N-ethyl adjacent to an activating group) is 1. The first kappa shape index (κ1) is 20.7. The van der Waals surface area contributed by atoms with E-state index in [9.17, 15) is 9.59 Å². The third-order valence-electron chi connectivity index (χ3n) is 3.77. The van der Waals surface area contributed by atoms with E-state index < -0.39 is 12.1 Å². The molecule has 0 bridgehead atoms. The molecule has 0 radical (unpaired) electrons. The fraction of sp³-hybridized carbons (Fsp3) is 0.300. The molecule has 1 N–H and O–H groups in total. The van der Waals surface area contributed by atoms with Crippen molar-refractivity contribution >= 4 is 23.7 Å². The first-order valence-corrected chi connectivity index (χ1v) is 8.86. The van der Waals surface area contributed by atoms with E-state index in [1.165, 1.54) is 4.90 Å². The van der Waals surface area contributed by atoms with Crippen LogP contribution >= 0.6 is 11.6 Å². The van der Waals surface area contributed by atoms with Crippen LogP contribution in [-0.2, 0) is 0 Å². The number of carbonyl (C=O) groups excluding carboxylic acids is 2. The third-order valence-corrected chi connectivity index (χ3v) is 4.17. The highest BCUT2D eigenvalue weighted by molar-refractivity contribution is 6.21. The van der Waals surface area contributed by atoms with Gasteiger partial charge in [-0.1, -0.05) is 23.8 Å². The Bertz CT molecular complexity index is 806. The molecule has 2 rings (SSSR count). The van der Waals surface area contributed by atoms with Crippen molar-refractivity contribution in [3.63, 3.8) is 0 Å². The number of amides is 1. The summed E-state index contributed by atoms with van der Waals surface area (Å²) in [6.45, 7) is 2.46. The van der Waals surface area contributed by atoms with Crippen LogP contribution in [0.2, 0.25) is 0 Å². The van der Waals surface area contributed by atoms with Gasteiger partial charge >= 0.3 is 12.1 Å². The Morgan fingerprint density at radius 2 is 1.74 bits per heavy atom. The van der Waals surface area contributed by atoms with Crippen molar-refractivity contribution in [2.45, 2.75) is 12.3 Å². The maximum Gasteiger partial charge on any atom is 0.414 e. The van der Waals surface area contributed by atoms with Crippen LogP contribution in [0.3, 0.4) is 0 Å².